The highest BCUT2D eigenvalue weighted by Crippen LogP contribution is 2.21. The lowest BCUT2D eigenvalue weighted by atomic mass is 10.1. The highest BCUT2D eigenvalue weighted by molar-refractivity contribution is 9.11. The van der Waals surface area contributed by atoms with Crippen LogP contribution in [0.1, 0.15) is 11.1 Å². The van der Waals surface area contributed by atoms with E-state index in [2.05, 4.69) is 33.9 Å². The third kappa shape index (κ3) is 4.37. The lowest BCUT2D eigenvalue weighted by molar-refractivity contribution is -0.129. The number of rotatable bonds is 4. The summed E-state index contributed by atoms with van der Waals surface area (Å²) in [5.74, 6) is 0.120. The first-order valence-corrected chi connectivity index (χ1v) is 7.91. The van der Waals surface area contributed by atoms with Crippen LogP contribution in [0, 0.1) is 0 Å². The largest absolute Gasteiger partial charge is 0.341 e. The molecule has 2 aromatic rings. The van der Waals surface area contributed by atoms with Crippen LogP contribution in [0.2, 0.25) is 0 Å². The molecule has 0 atom stereocenters. The monoisotopic (exact) mass is 355 g/mol. The fourth-order valence-corrected chi connectivity index (χ4v) is 3.06. The van der Waals surface area contributed by atoms with Crippen molar-refractivity contribution in [2.45, 2.75) is 17.9 Å². The number of carbonyl (C=O) groups excluding carboxylic acids is 1. The normalized spacial score (nSPS) is 10.5. The molecule has 1 aromatic heterocycles. The molecule has 0 fully saturated rings. The van der Waals surface area contributed by atoms with Gasteiger partial charge >= 0.3 is 0 Å². The average Bonchev–Trinajstić information content (AvgIpc) is 2.77. The molecule has 5 heteroatoms. The molecule has 0 bridgehead atoms. The van der Waals surface area contributed by atoms with Crippen molar-refractivity contribution in [3.05, 3.63) is 50.6 Å². The van der Waals surface area contributed by atoms with Gasteiger partial charge in [-0.3, -0.25) is 4.79 Å². The summed E-state index contributed by atoms with van der Waals surface area (Å²) in [6.07, 6.45) is 0.426. The van der Waals surface area contributed by atoms with E-state index in [0.29, 0.717) is 13.0 Å². The zero-order valence-corrected chi connectivity index (χ0v) is 13.8. The molecule has 0 saturated heterocycles. The minimum atomic E-state index is 0.120. The first kappa shape index (κ1) is 14.6. The van der Waals surface area contributed by atoms with E-state index in [4.69, 9.17) is 0 Å². The summed E-state index contributed by atoms with van der Waals surface area (Å²) in [6, 6.07) is 9.73. The standard InChI is InChI=1S/C14H14BrNOS2/c1-16(8-11-6-13(15)19-9-11)14(17)7-10-2-4-12(18)5-3-10/h2-6,9,18H,7-8H2,1H3. The van der Waals surface area contributed by atoms with Gasteiger partial charge in [-0.25, -0.2) is 0 Å². The van der Waals surface area contributed by atoms with Crippen molar-refractivity contribution in [3.8, 4) is 0 Å². The maximum Gasteiger partial charge on any atom is 0.227 e. The Morgan fingerprint density at radius 3 is 2.58 bits per heavy atom. The third-order valence-corrected chi connectivity index (χ3v) is 4.61. The molecule has 2 nitrogen and oxygen atoms in total. The van der Waals surface area contributed by atoms with E-state index in [9.17, 15) is 4.79 Å². The van der Waals surface area contributed by atoms with Crippen molar-refractivity contribution < 1.29 is 4.79 Å². The van der Waals surface area contributed by atoms with Crippen LogP contribution in [0.3, 0.4) is 0 Å². The van der Waals surface area contributed by atoms with Gasteiger partial charge < -0.3 is 4.90 Å². The molecule has 19 heavy (non-hydrogen) atoms. The Balaban J connectivity index is 1.94. The molecule has 0 aliphatic carbocycles. The summed E-state index contributed by atoms with van der Waals surface area (Å²) >= 11 is 9.29. The smallest absolute Gasteiger partial charge is 0.227 e. The maximum absolute atomic E-state index is 12.1. The number of carbonyl (C=O) groups is 1. The highest BCUT2D eigenvalue weighted by Gasteiger charge is 2.11. The van der Waals surface area contributed by atoms with Crippen LogP contribution < -0.4 is 0 Å². The van der Waals surface area contributed by atoms with Crippen LogP contribution in [0.15, 0.2) is 44.4 Å². The fourth-order valence-electron chi connectivity index (χ4n) is 1.71. The van der Waals surface area contributed by atoms with E-state index in [1.807, 2.05) is 37.4 Å². The Morgan fingerprint density at radius 2 is 2.00 bits per heavy atom. The Kier molecular flexibility index (Phi) is 5.07. The van der Waals surface area contributed by atoms with Crippen LogP contribution in [0.4, 0.5) is 0 Å². The number of amides is 1. The topological polar surface area (TPSA) is 20.3 Å². The van der Waals surface area contributed by atoms with Gasteiger partial charge in [0.15, 0.2) is 0 Å². The van der Waals surface area contributed by atoms with E-state index >= 15 is 0 Å². The van der Waals surface area contributed by atoms with Gasteiger partial charge in [0, 0.05) is 18.5 Å². The number of halogens is 1. The van der Waals surface area contributed by atoms with Gasteiger partial charge in [-0.15, -0.1) is 24.0 Å². The second kappa shape index (κ2) is 6.59. The van der Waals surface area contributed by atoms with Crippen molar-refractivity contribution in [1.29, 1.82) is 0 Å². The number of hydrogen-bond donors (Lipinski definition) is 1. The van der Waals surface area contributed by atoms with Crippen LogP contribution in [0.5, 0.6) is 0 Å². The first-order valence-electron chi connectivity index (χ1n) is 5.79. The predicted octanol–water partition coefficient (Wildman–Crippen LogP) is 4.00. The van der Waals surface area contributed by atoms with Gasteiger partial charge in [0.2, 0.25) is 5.91 Å². The lowest BCUT2D eigenvalue weighted by Crippen LogP contribution is -2.27. The summed E-state index contributed by atoms with van der Waals surface area (Å²) in [6.45, 7) is 0.644. The Bertz CT molecular complexity index is 565. The number of hydrogen-bond acceptors (Lipinski definition) is 3. The van der Waals surface area contributed by atoms with E-state index in [1.54, 1.807) is 16.2 Å². The summed E-state index contributed by atoms with van der Waals surface area (Å²) in [7, 11) is 1.83. The summed E-state index contributed by atoms with van der Waals surface area (Å²) < 4.78 is 1.09. The molecule has 1 heterocycles. The van der Waals surface area contributed by atoms with Crippen molar-refractivity contribution >= 4 is 45.8 Å². The Hall–Kier alpha value is -0.780. The quantitative estimate of drug-likeness (QED) is 0.821. The van der Waals surface area contributed by atoms with E-state index in [1.165, 1.54) is 0 Å². The van der Waals surface area contributed by atoms with Crippen molar-refractivity contribution in [2.75, 3.05) is 7.05 Å². The minimum Gasteiger partial charge on any atom is -0.341 e. The van der Waals surface area contributed by atoms with Gasteiger partial charge in [-0.2, -0.15) is 0 Å². The number of likely N-dealkylation sites (N-methyl/N-ethyl adjacent to an activating group) is 1. The molecular formula is C14H14BrNOS2. The maximum atomic E-state index is 12.1. The van der Waals surface area contributed by atoms with Gasteiger partial charge in [-0.05, 0) is 50.6 Å². The molecule has 0 spiro atoms. The molecular weight excluding hydrogens is 342 g/mol. The molecule has 0 radical (unpaired) electrons. The van der Waals surface area contributed by atoms with Gasteiger partial charge in [0.05, 0.1) is 10.2 Å². The molecule has 2 rings (SSSR count). The van der Waals surface area contributed by atoms with Crippen molar-refractivity contribution in [3.63, 3.8) is 0 Å². The minimum absolute atomic E-state index is 0.120. The number of nitrogens with zero attached hydrogens (tertiary/aromatic N) is 1. The number of benzene rings is 1. The molecule has 0 aliphatic heterocycles. The SMILES string of the molecule is CN(Cc1csc(Br)c1)C(=O)Cc1ccc(S)cc1. The van der Waals surface area contributed by atoms with Crippen LogP contribution >= 0.6 is 39.9 Å². The first-order chi connectivity index (χ1) is 9.04. The van der Waals surface area contributed by atoms with Crippen molar-refractivity contribution in [2.24, 2.45) is 0 Å². The average molecular weight is 356 g/mol. The second-order valence-electron chi connectivity index (χ2n) is 4.35. The Labute approximate surface area is 131 Å². The van der Waals surface area contributed by atoms with E-state index < -0.39 is 0 Å². The van der Waals surface area contributed by atoms with Crippen LogP contribution in [0.25, 0.3) is 0 Å². The van der Waals surface area contributed by atoms with Crippen LogP contribution in [-0.4, -0.2) is 17.9 Å². The third-order valence-electron chi connectivity index (χ3n) is 2.76. The number of thiophene rings is 1. The zero-order valence-electron chi connectivity index (χ0n) is 10.5. The molecule has 1 amide bonds. The lowest BCUT2D eigenvalue weighted by Gasteiger charge is -2.16. The van der Waals surface area contributed by atoms with Gasteiger partial charge in [-0.1, -0.05) is 12.1 Å². The molecule has 0 saturated carbocycles. The van der Waals surface area contributed by atoms with Gasteiger partial charge in [0.1, 0.15) is 0 Å². The molecule has 1 aromatic carbocycles. The number of thiol groups is 1. The molecule has 100 valence electrons. The highest BCUT2D eigenvalue weighted by atomic mass is 79.9. The summed E-state index contributed by atoms with van der Waals surface area (Å²) in [5.41, 5.74) is 2.17. The molecule has 0 unspecified atom stereocenters. The predicted molar refractivity (Wildman–Crippen MR) is 85.9 cm³/mol. The van der Waals surface area contributed by atoms with Crippen molar-refractivity contribution in [1.82, 2.24) is 4.90 Å². The van der Waals surface area contributed by atoms with E-state index in [0.717, 1.165) is 19.8 Å². The van der Waals surface area contributed by atoms with Gasteiger partial charge in [0.25, 0.3) is 0 Å². The summed E-state index contributed by atoms with van der Waals surface area (Å²) in [5, 5.41) is 2.06. The summed E-state index contributed by atoms with van der Waals surface area (Å²) in [4.78, 5) is 14.8. The van der Waals surface area contributed by atoms with E-state index in [-0.39, 0.29) is 5.91 Å². The second-order valence-corrected chi connectivity index (χ2v) is 7.16. The molecule has 0 aliphatic rings. The molecule has 0 N–H and O–H groups in total. The fraction of sp³-hybridized carbons (Fsp3) is 0.214. The Morgan fingerprint density at radius 1 is 1.32 bits per heavy atom. The zero-order chi connectivity index (χ0) is 13.8. The van der Waals surface area contributed by atoms with Crippen LogP contribution in [-0.2, 0) is 17.8 Å².